The summed E-state index contributed by atoms with van der Waals surface area (Å²) in [5.74, 6) is 0. The summed E-state index contributed by atoms with van der Waals surface area (Å²) < 4.78 is 0. The van der Waals surface area contributed by atoms with Gasteiger partial charge >= 0.3 is 0 Å². The van der Waals surface area contributed by atoms with Gasteiger partial charge in [-0.3, -0.25) is 15.0 Å². The van der Waals surface area contributed by atoms with Gasteiger partial charge in [-0.05, 0) is 63.5 Å². The smallest absolute Gasteiger partial charge is 0.0971 e. The van der Waals surface area contributed by atoms with Crippen LogP contribution in [-0.4, -0.2) is 19.9 Å². The molecule has 0 N–H and O–H groups in total. The van der Waals surface area contributed by atoms with Gasteiger partial charge in [0.1, 0.15) is 0 Å². The number of fused-ring (bicyclic) bond motifs is 11. The zero-order valence-electron chi connectivity index (χ0n) is 25.8. The van der Waals surface area contributed by atoms with Gasteiger partial charge in [0.15, 0.2) is 0 Å². The first kappa shape index (κ1) is 26.7. The van der Waals surface area contributed by atoms with Crippen LogP contribution in [0.15, 0.2) is 158 Å². The van der Waals surface area contributed by atoms with E-state index in [1.807, 2.05) is 30.7 Å². The third kappa shape index (κ3) is 4.03. The van der Waals surface area contributed by atoms with Gasteiger partial charge in [0.05, 0.1) is 27.9 Å². The Labute approximate surface area is 276 Å². The number of nitrogens with zero attached hydrogens (tertiary/aromatic N) is 4. The molecular weight excluding hydrogens is 585 g/mol. The summed E-state index contributed by atoms with van der Waals surface area (Å²) in [6, 6.07) is 49.2. The van der Waals surface area contributed by atoms with Gasteiger partial charge in [-0.25, -0.2) is 4.98 Å². The van der Waals surface area contributed by atoms with Crippen molar-refractivity contribution in [2.45, 2.75) is 0 Å². The minimum atomic E-state index is 0.889. The van der Waals surface area contributed by atoms with Gasteiger partial charge in [0, 0.05) is 62.2 Å². The van der Waals surface area contributed by atoms with Crippen molar-refractivity contribution in [2.75, 3.05) is 0 Å². The molecule has 10 rings (SSSR count). The molecule has 6 aromatic carbocycles. The summed E-state index contributed by atoms with van der Waals surface area (Å²) in [4.78, 5) is 19.6. The normalized spacial score (nSPS) is 11.8. The van der Waals surface area contributed by atoms with Crippen LogP contribution < -0.4 is 0 Å². The number of aromatic nitrogens is 4. The Bertz CT molecular complexity index is 2890. The van der Waals surface area contributed by atoms with Crippen molar-refractivity contribution in [3.63, 3.8) is 0 Å². The molecule has 0 aliphatic carbocycles. The highest BCUT2D eigenvalue weighted by atomic mass is 14.7. The number of hydrogen-bond donors (Lipinski definition) is 0. The molecule has 0 saturated heterocycles. The SMILES string of the molecule is c1cc(-c2ccc(-c3cc4cccnc4c4ncccc34)nc2)cc(-c2nc3ccccc3c3c4ccccc4c4ccccc4c23)c1. The van der Waals surface area contributed by atoms with Gasteiger partial charge in [-0.15, -0.1) is 0 Å². The predicted molar refractivity (Wildman–Crippen MR) is 199 cm³/mol. The molecule has 4 heteroatoms. The van der Waals surface area contributed by atoms with Crippen LogP contribution in [0.2, 0.25) is 0 Å². The Balaban J connectivity index is 1.16. The van der Waals surface area contributed by atoms with E-state index < -0.39 is 0 Å². The number of rotatable bonds is 3. The van der Waals surface area contributed by atoms with Crippen LogP contribution in [0.5, 0.6) is 0 Å². The molecule has 222 valence electrons. The van der Waals surface area contributed by atoms with Crippen molar-refractivity contribution in [1.29, 1.82) is 0 Å². The van der Waals surface area contributed by atoms with Gasteiger partial charge < -0.3 is 0 Å². The van der Waals surface area contributed by atoms with E-state index >= 15 is 0 Å². The Morgan fingerprint density at radius 3 is 1.85 bits per heavy atom. The quantitative estimate of drug-likeness (QED) is 0.187. The summed E-state index contributed by atoms with van der Waals surface area (Å²) in [6.45, 7) is 0. The number of para-hydroxylation sites is 1. The van der Waals surface area contributed by atoms with Crippen molar-refractivity contribution in [1.82, 2.24) is 19.9 Å². The van der Waals surface area contributed by atoms with Crippen LogP contribution in [-0.2, 0) is 0 Å². The first-order valence-corrected chi connectivity index (χ1v) is 16.1. The molecule has 0 bridgehead atoms. The fourth-order valence-electron chi connectivity index (χ4n) is 7.39. The minimum absolute atomic E-state index is 0.889. The van der Waals surface area contributed by atoms with Gasteiger partial charge in [-0.1, -0.05) is 103 Å². The summed E-state index contributed by atoms with van der Waals surface area (Å²) in [6.07, 6.45) is 5.61. The maximum absolute atomic E-state index is 5.35. The molecule has 0 amide bonds. The van der Waals surface area contributed by atoms with E-state index in [0.29, 0.717) is 0 Å². The summed E-state index contributed by atoms with van der Waals surface area (Å²) in [5.41, 5.74) is 8.93. The largest absolute Gasteiger partial charge is 0.256 e. The molecule has 0 fully saturated rings. The first-order chi connectivity index (χ1) is 23.8. The first-order valence-electron chi connectivity index (χ1n) is 16.1. The molecule has 4 heterocycles. The van der Waals surface area contributed by atoms with E-state index in [9.17, 15) is 0 Å². The average molecular weight is 611 g/mol. The molecule has 0 aliphatic heterocycles. The van der Waals surface area contributed by atoms with E-state index in [2.05, 4.69) is 137 Å². The fraction of sp³-hybridized carbons (Fsp3) is 0. The lowest BCUT2D eigenvalue weighted by atomic mass is 9.89. The standard InChI is InChI=1S/C44H26N4/c1-3-15-33-31(13-1)32-14-2-4-16-34(32)41-40(33)36-17-5-6-19-39(36)48-42(41)28-11-7-10-27(24-28)30-20-21-38(47-26-30)37-25-29-12-8-22-45-43(29)44-35(37)18-9-23-46-44/h1-26H. The lowest BCUT2D eigenvalue weighted by Crippen LogP contribution is -1.93. The number of benzene rings is 6. The lowest BCUT2D eigenvalue weighted by Gasteiger charge is -2.16. The van der Waals surface area contributed by atoms with E-state index in [4.69, 9.17) is 9.97 Å². The van der Waals surface area contributed by atoms with E-state index in [1.165, 1.54) is 37.7 Å². The van der Waals surface area contributed by atoms with Crippen LogP contribution in [0.4, 0.5) is 0 Å². The number of pyridine rings is 4. The van der Waals surface area contributed by atoms with Crippen LogP contribution >= 0.6 is 0 Å². The molecule has 0 saturated carbocycles. The second-order valence-corrected chi connectivity index (χ2v) is 12.2. The molecule has 0 atom stereocenters. The highest BCUT2D eigenvalue weighted by Gasteiger charge is 2.18. The summed E-state index contributed by atoms with van der Waals surface area (Å²) in [5, 5.41) is 10.6. The maximum Gasteiger partial charge on any atom is 0.0971 e. The Kier molecular flexibility index (Phi) is 5.84. The second kappa shape index (κ2) is 10.5. The molecule has 10 aromatic rings. The van der Waals surface area contributed by atoms with Crippen molar-refractivity contribution in [3.05, 3.63) is 158 Å². The lowest BCUT2D eigenvalue weighted by molar-refractivity contribution is 1.32. The van der Waals surface area contributed by atoms with Crippen LogP contribution in [0.3, 0.4) is 0 Å². The van der Waals surface area contributed by atoms with Gasteiger partial charge in [-0.2, -0.15) is 0 Å². The topological polar surface area (TPSA) is 51.6 Å². The minimum Gasteiger partial charge on any atom is -0.256 e. The van der Waals surface area contributed by atoms with E-state index in [0.717, 1.165) is 61.0 Å². The average Bonchev–Trinajstić information content (AvgIpc) is 3.17. The fourth-order valence-corrected chi connectivity index (χ4v) is 7.39. The zero-order chi connectivity index (χ0) is 31.6. The van der Waals surface area contributed by atoms with Crippen LogP contribution in [0, 0.1) is 0 Å². The van der Waals surface area contributed by atoms with Crippen molar-refractivity contribution < 1.29 is 0 Å². The molecule has 4 nitrogen and oxygen atoms in total. The Morgan fingerprint density at radius 1 is 0.396 bits per heavy atom. The van der Waals surface area contributed by atoms with Crippen molar-refractivity contribution in [3.8, 4) is 33.6 Å². The van der Waals surface area contributed by atoms with E-state index in [-0.39, 0.29) is 0 Å². The third-order valence-electron chi connectivity index (χ3n) is 9.55. The molecule has 0 radical (unpaired) electrons. The van der Waals surface area contributed by atoms with Gasteiger partial charge in [0.25, 0.3) is 0 Å². The number of hydrogen-bond acceptors (Lipinski definition) is 4. The third-order valence-corrected chi connectivity index (χ3v) is 9.55. The van der Waals surface area contributed by atoms with Crippen LogP contribution in [0.1, 0.15) is 0 Å². The molecule has 0 aliphatic rings. The Morgan fingerprint density at radius 2 is 1.06 bits per heavy atom. The summed E-state index contributed by atoms with van der Waals surface area (Å²) in [7, 11) is 0. The molecule has 4 aromatic heterocycles. The Hall–Kier alpha value is -6.52. The van der Waals surface area contributed by atoms with Gasteiger partial charge in [0.2, 0.25) is 0 Å². The second-order valence-electron chi connectivity index (χ2n) is 12.2. The zero-order valence-corrected chi connectivity index (χ0v) is 25.8. The van der Waals surface area contributed by atoms with Crippen molar-refractivity contribution >= 4 is 65.0 Å². The molecule has 0 unspecified atom stereocenters. The van der Waals surface area contributed by atoms with E-state index in [1.54, 1.807) is 0 Å². The monoisotopic (exact) mass is 610 g/mol. The highest BCUT2D eigenvalue weighted by molar-refractivity contribution is 6.33. The van der Waals surface area contributed by atoms with Crippen LogP contribution in [0.25, 0.3) is 98.7 Å². The maximum atomic E-state index is 5.35. The molecular formula is C44H26N4. The predicted octanol–water partition coefficient (Wildman–Crippen LogP) is 11.2. The highest BCUT2D eigenvalue weighted by Crippen LogP contribution is 2.43. The molecule has 48 heavy (non-hydrogen) atoms. The molecule has 0 spiro atoms. The van der Waals surface area contributed by atoms with Crippen molar-refractivity contribution in [2.24, 2.45) is 0 Å². The summed E-state index contributed by atoms with van der Waals surface area (Å²) >= 11 is 0.